The second-order valence-corrected chi connectivity index (χ2v) is 7.63. The Morgan fingerprint density at radius 2 is 1.86 bits per heavy atom. The topological polar surface area (TPSA) is 90.0 Å². The molecule has 0 spiro atoms. The number of carbonyl (C=O) groups excluding carboxylic acids is 2. The van der Waals surface area contributed by atoms with Gasteiger partial charge in [0.05, 0.1) is 12.1 Å². The summed E-state index contributed by atoms with van der Waals surface area (Å²) in [5, 5.41) is 7.96. The van der Waals surface area contributed by atoms with E-state index >= 15 is 4.39 Å². The van der Waals surface area contributed by atoms with E-state index in [2.05, 4.69) is 10.4 Å². The van der Waals surface area contributed by atoms with Crippen LogP contribution in [0.15, 0.2) is 48.5 Å². The molecule has 0 aliphatic heterocycles. The lowest BCUT2D eigenvalue weighted by atomic mass is 9.86. The van der Waals surface area contributed by atoms with Crippen molar-refractivity contribution in [3.63, 3.8) is 0 Å². The van der Waals surface area contributed by atoms with Crippen molar-refractivity contribution in [2.24, 2.45) is 5.73 Å². The average Bonchev–Trinajstić information content (AvgIpc) is 3.05. The van der Waals surface area contributed by atoms with Crippen molar-refractivity contribution in [1.82, 2.24) is 9.78 Å². The van der Waals surface area contributed by atoms with Crippen LogP contribution in [0.25, 0.3) is 10.9 Å². The Labute approximate surface area is 167 Å². The number of primary amides is 1. The molecule has 2 aromatic carbocycles. The van der Waals surface area contributed by atoms with E-state index in [1.54, 1.807) is 24.3 Å². The van der Waals surface area contributed by atoms with Crippen LogP contribution in [-0.2, 0) is 6.54 Å². The fourth-order valence-corrected chi connectivity index (χ4v) is 3.99. The molecule has 1 aliphatic rings. The van der Waals surface area contributed by atoms with Crippen LogP contribution in [0.5, 0.6) is 0 Å². The van der Waals surface area contributed by atoms with Gasteiger partial charge >= 0.3 is 0 Å². The Morgan fingerprint density at radius 3 is 2.62 bits per heavy atom. The molecule has 2 amide bonds. The highest BCUT2D eigenvalue weighted by Crippen LogP contribution is 2.34. The fraction of sp³-hybridized carbons (Fsp3) is 0.318. The zero-order valence-corrected chi connectivity index (χ0v) is 16.0. The van der Waals surface area contributed by atoms with Crippen LogP contribution in [0.1, 0.15) is 53.0 Å². The number of rotatable bonds is 5. The van der Waals surface area contributed by atoms with E-state index < -0.39 is 17.5 Å². The van der Waals surface area contributed by atoms with E-state index in [0.29, 0.717) is 40.7 Å². The number of alkyl halides is 1. The number of halogens is 1. The molecule has 1 aromatic heterocycles. The molecule has 3 N–H and O–H groups in total. The number of hydrogen-bond donors (Lipinski definition) is 2. The molecule has 6 nitrogen and oxygen atoms in total. The summed E-state index contributed by atoms with van der Waals surface area (Å²) in [5.74, 6) is -0.979. The van der Waals surface area contributed by atoms with Crippen molar-refractivity contribution >= 4 is 28.4 Å². The van der Waals surface area contributed by atoms with Crippen LogP contribution in [0, 0.1) is 0 Å². The van der Waals surface area contributed by atoms with Gasteiger partial charge < -0.3 is 11.1 Å². The minimum Gasteiger partial charge on any atom is -0.366 e. The molecule has 1 aliphatic carbocycles. The summed E-state index contributed by atoms with van der Waals surface area (Å²) in [5.41, 5.74) is 5.65. The predicted molar refractivity (Wildman–Crippen MR) is 110 cm³/mol. The number of anilines is 1. The fourth-order valence-electron chi connectivity index (χ4n) is 3.99. The molecule has 4 rings (SSSR count). The highest BCUT2D eigenvalue weighted by atomic mass is 19.1. The minimum atomic E-state index is -1.36. The van der Waals surface area contributed by atoms with E-state index in [1.807, 2.05) is 18.2 Å². The Balaban J connectivity index is 1.69. The third kappa shape index (κ3) is 3.99. The molecule has 29 heavy (non-hydrogen) atoms. The molecule has 0 radical (unpaired) electrons. The first-order valence-corrected chi connectivity index (χ1v) is 9.81. The Morgan fingerprint density at radius 1 is 1.10 bits per heavy atom. The number of aromatic nitrogens is 2. The maximum Gasteiger partial charge on any atom is 0.274 e. The third-order valence-corrected chi connectivity index (χ3v) is 5.45. The second kappa shape index (κ2) is 7.66. The molecule has 0 saturated heterocycles. The van der Waals surface area contributed by atoms with Gasteiger partial charge in [-0.3, -0.25) is 14.3 Å². The van der Waals surface area contributed by atoms with Crippen molar-refractivity contribution in [2.45, 2.75) is 44.3 Å². The zero-order chi connectivity index (χ0) is 20.4. The quantitative estimate of drug-likeness (QED) is 0.684. The molecular weight excluding hydrogens is 371 g/mol. The third-order valence-electron chi connectivity index (χ3n) is 5.45. The van der Waals surface area contributed by atoms with Crippen molar-refractivity contribution in [2.75, 3.05) is 5.32 Å². The minimum absolute atomic E-state index is 0.0474. The number of benzene rings is 2. The Bertz CT molecular complexity index is 1070. The van der Waals surface area contributed by atoms with Crippen molar-refractivity contribution < 1.29 is 14.0 Å². The largest absolute Gasteiger partial charge is 0.366 e. The maximum atomic E-state index is 15.4. The van der Waals surface area contributed by atoms with Gasteiger partial charge in [0, 0.05) is 16.6 Å². The molecule has 1 saturated carbocycles. The smallest absolute Gasteiger partial charge is 0.274 e. The molecule has 7 heteroatoms. The molecule has 0 atom stereocenters. The number of amides is 2. The van der Waals surface area contributed by atoms with Crippen LogP contribution in [0.3, 0.4) is 0 Å². The SMILES string of the molecule is NC(=O)c1cccc(NC(=O)c2c3ccccc3nn2CC2(F)CCCCC2)c1. The molecule has 1 fully saturated rings. The van der Waals surface area contributed by atoms with Crippen molar-refractivity contribution in [3.05, 3.63) is 59.8 Å². The van der Waals surface area contributed by atoms with E-state index in [4.69, 9.17) is 5.73 Å². The van der Waals surface area contributed by atoms with Gasteiger partial charge in [0.2, 0.25) is 5.91 Å². The lowest BCUT2D eigenvalue weighted by Crippen LogP contribution is -2.33. The first-order valence-electron chi connectivity index (χ1n) is 9.81. The van der Waals surface area contributed by atoms with Crippen LogP contribution in [0.4, 0.5) is 10.1 Å². The van der Waals surface area contributed by atoms with Crippen LogP contribution >= 0.6 is 0 Å². The van der Waals surface area contributed by atoms with Crippen LogP contribution in [0.2, 0.25) is 0 Å². The van der Waals surface area contributed by atoms with E-state index in [0.717, 1.165) is 19.3 Å². The van der Waals surface area contributed by atoms with Crippen molar-refractivity contribution in [3.8, 4) is 0 Å². The maximum absolute atomic E-state index is 15.4. The molecule has 0 bridgehead atoms. The Hall–Kier alpha value is -3.22. The van der Waals surface area contributed by atoms with Crippen LogP contribution in [-0.4, -0.2) is 27.3 Å². The van der Waals surface area contributed by atoms with E-state index in [-0.39, 0.29) is 6.54 Å². The number of fused-ring (bicyclic) bond motifs is 1. The summed E-state index contributed by atoms with van der Waals surface area (Å²) in [6.07, 6.45) is 3.68. The predicted octanol–water partition coefficient (Wildman–Crippen LogP) is 4.06. The van der Waals surface area contributed by atoms with Gasteiger partial charge in [-0.15, -0.1) is 0 Å². The summed E-state index contributed by atoms with van der Waals surface area (Å²) < 4.78 is 16.8. The van der Waals surface area contributed by atoms with Gasteiger partial charge in [0.1, 0.15) is 11.4 Å². The highest BCUT2D eigenvalue weighted by Gasteiger charge is 2.34. The highest BCUT2D eigenvalue weighted by molar-refractivity contribution is 6.11. The summed E-state index contributed by atoms with van der Waals surface area (Å²) in [7, 11) is 0. The number of hydrogen-bond acceptors (Lipinski definition) is 3. The van der Waals surface area contributed by atoms with E-state index in [9.17, 15) is 9.59 Å². The lowest BCUT2D eigenvalue weighted by Gasteiger charge is -2.29. The van der Waals surface area contributed by atoms with Gasteiger partial charge in [0.25, 0.3) is 5.91 Å². The summed E-state index contributed by atoms with van der Waals surface area (Å²) in [4.78, 5) is 24.5. The summed E-state index contributed by atoms with van der Waals surface area (Å²) in [6, 6.07) is 13.7. The summed E-state index contributed by atoms with van der Waals surface area (Å²) in [6.45, 7) is 0.0474. The lowest BCUT2D eigenvalue weighted by molar-refractivity contribution is 0.0791. The Kier molecular flexibility index (Phi) is 5.05. The summed E-state index contributed by atoms with van der Waals surface area (Å²) >= 11 is 0. The molecular formula is C22H23FN4O2. The number of carbonyl (C=O) groups is 2. The standard InChI is InChI=1S/C22H23FN4O2/c23-22(11-4-1-5-12-22)14-27-19(17-9-2-3-10-18(17)26-27)21(29)25-16-8-6-7-15(13-16)20(24)28/h2-3,6-10,13H,1,4-5,11-12,14H2,(H2,24,28)(H,25,29). The van der Waals surface area contributed by atoms with Gasteiger partial charge in [-0.2, -0.15) is 5.10 Å². The first-order chi connectivity index (χ1) is 14.0. The monoisotopic (exact) mass is 394 g/mol. The molecule has 3 aromatic rings. The molecule has 1 heterocycles. The van der Waals surface area contributed by atoms with Gasteiger partial charge in [0.15, 0.2) is 0 Å². The molecule has 0 unspecified atom stereocenters. The van der Waals surface area contributed by atoms with Crippen molar-refractivity contribution in [1.29, 1.82) is 0 Å². The van der Waals surface area contributed by atoms with Gasteiger partial charge in [-0.1, -0.05) is 43.5 Å². The molecule has 150 valence electrons. The second-order valence-electron chi connectivity index (χ2n) is 7.63. The zero-order valence-electron chi connectivity index (χ0n) is 16.0. The first kappa shape index (κ1) is 19.1. The van der Waals surface area contributed by atoms with E-state index in [1.165, 1.54) is 10.7 Å². The number of nitrogens with zero attached hydrogens (tertiary/aromatic N) is 2. The number of nitrogens with one attached hydrogen (secondary N) is 1. The van der Waals surface area contributed by atoms with Gasteiger partial charge in [-0.25, -0.2) is 4.39 Å². The average molecular weight is 394 g/mol. The number of nitrogens with two attached hydrogens (primary N) is 1. The normalized spacial score (nSPS) is 15.9. The van der Waals surface area contributed by atoms with Crippen LogP contribution < -0.4 is 11.1 Å². The van der Waals surface area contributed by atoms with Gasteiger partial charge in [-0.05, 0) is 37.1 Å².